The Bertz CT molecular complexity index is 1820. The SMILES string of the molecule is O=C1CC2CN(c3nc(OCC45CCCN4CCC5)nc4c(F)c(-c5cccc6cccc(F)c56)ncc34)CCC2C(=O)N1. The molecule has 2 atom stereocenters. The molecule has 2 amide bonds. The predicted octanol–water partition coefficient (Wildman–Crippen LogP) is 4.62. The number of nitrogens with zero attached hydrogens (tertiary/aromatic N) is 5. The Morgan fingerprint density at radius 3 is 2.64 bits per heavy atom. The predicted molar refractivity (Wildman–Crippen MR) is 160 cm³/mol. The van der Waals surface area contributed by atoms with Crippen molar-refractivity contribution >= 4 is 39.3 Å². The Hall–Kier alpha value is -4.25. The monoisotopic (exact) mass is 598 g/mol. The summed E-state index contributed by atoms with van der Waals surface area (Å²) in [6.07, 6.45) is 6.60. The molecule has 2 aromatic heterocycles. The molecule has 0 saturated carbocycles. The number of halogens is 2. The smallest absolute Gasteiger partial charge is 0.319 e. The number of carbonyl (C=O) groups is 2. The topological polar surface area (TPSA) is 101 Å². The van der Waals surface area contributed by atoms with Crippen LogP contribution in [0.2, 0.25) is 0 Å². The minimum Gasteiger partial charge on any atom is -0.461 e. The Kier molecular flexibility index (Phi) is 6.48. The number of piperidine rings is 2. The molecule has 11 heteroatoms. The maximum Gasteiger partial charge on any atom is 0.319 e. The molecule has 2 unspecified atom stereocenters. The van der Waals surface area contributed by atoms with Gasteiger partial charge in [-0.05, 0) is 62.6 Å². The molecule has 4 aliphatic heterocycles. The summed E-state index contributed by atoms with van der Waals surface area (Å²) in [7, 11) is 0. The molecule has 8 rings (SSSR count). The number of aromatic nitrogens is 3. The second-order valence-corrected chi connectivity index (χ2v) is 12.6. The number of anilines is 1. The van der Waals surface area contributed by atoms with E-state index in [-0.39, 0.29) is 58.2 Å². The van der Waals surface area contributed by atoms with Gasteiger partial charge in [0, 0.05) is 42.6 Å². The van der Waals surface area contributed by atoms with Gasteiger partial charge >= 0.3 is 6.01 Å². The van der Waals surface area contributed by atoms with E-state index in [2.05, 4.69) is 20.2 Å². The van der Waals surface area contributed by atoms with Crippen LogP contribution in [-0.2, 0) is 9.59 Å². The number of carbonyl (C=O) groups excluding carboxylic acids is 2. The molecule has 9 nitrogen and oxygen atoms in total. The van der Waals surface area contributed by atoms with Crippen molar-refractivity contribution in [1.29, 1.82) is 0 Å². The van der Waals surface area contributed by atoms with E-state index in [0.29, 0.717) is 48.3 Å². The molecule has 4 aliphatic rings. The van der Waals surface area contributed by atoms with Gasteiger partial charge in [0.2, 0.25) is 11.8 Å². The summed E-state index contributed by atoms with van der Waals surface area (Å²) in [5.41, 5.74) is 0.305. The van der Waals surface area contributed by atoms with Crippen LogP contribution in [0.15, 0.2) is 42.6 Å². The number of hydrogen-bond donors (Lipinski definition) is 1. The third-order valence-corrected chi connectivity index (χ3v) is 10.1. The molecule has 0 aliphatic carbocycles. The molecular formula is C33H32F2N6O3. The quantitative estimate of drug-likeness (QED) is 0.333. The fraction of sp³-hybridized carbons (Fsp3) is 0.424. The van der Waals surface area contributed by atoms with Crippen LogP contribution in [0.3, 0.4) is 0 Å². The van der Waals surface area contributed by atoms with Crippen LogP contribution in [0.4, 0.5) is 14.6 Å². The lowest BCUT2D eigenvalue weighted by molar-refractivity contribution is -0.139. The summed E-state index contributed by atoms with van der Waals surface area (Å²) < 4.78 is 38.0. The molecule has 1 N–H and O–H groups in total. The first-order valence-corrected chi connectivity index (χ1v) is 15.4. The van der Waals surface area contributed by atoms with Gasteiger partial charge < -0.3 is 9.64 Å². The summed E-state index contributed by atoms with van der Waals surface area (Å²) in [5.74, 6) is -1.65. The van der Waals surface area contributed by atoms with E-state index in [0.717, 1.165) is 38.8 Å². The number of imide groups is 1. The zero-order chi connectivity index (χ0) is 30.0. The van der Waals surface area contributed by atoms with Gasteiger partial charge in [0.25, 0.3) is 0 Å². The van der Waals surface area contributed by atoms with Crippen LogP contribution >= 0.6 is 0 Å². The lowest BCUT2D eigenvalue weighted by Crippen LogP contribution is -2.53. The third-order valence-electron chi connectivity index (χ3n) is 10.1. The molecule has 4 aromatic rings. The average molecular weight is 599 g/mol. The Balaban J connectivity index is 1.23. The van der Waals surface area contributed by atoms with Crippen LogP contribution in [0.1, 0.15) is 38.5 Å². The van der Waals surface area contributed by atoms with Crippen LogP contribution in [0.5, 0.6) is 6.01 Å². The normalized spacial score (nSPS) is 23.2. The van der Waals surface area contributed by atoms with Crippen LogP contribution in [0, 0.1) is 23.5 Å². The van der Waals surface area contributed by atoms with Crippen molar-refractivity contribution in [2.24, 2.45) is 11.8 Å². The van der Waals surface area contributed by atoms with Crippen molar-refractivity contribution < 1.29 is 23.1 Å². The van der Waals surface area contributed by atoms with Crippen molar-refractivity contribution in [3.63, 3.8) is 0 Å². The van der Waals surface area contributed by atoms with Gasteiger partial charge in [-0.1, -0.05) is 30.3 Å². The van der Waals surface area contributed by atoms with Gasteiger partial charge in [-0.2, -0.15) is 9.97 Å². The fourth-order valence-electron chi connectivity index (χ4n) is 7.96. The van der Waals surface area contributed by atoms with Crippen LogP contribution in [0.25, 0.3) is 32.9 Å². The second-order valence-electron chi connectivity index (χ2n) is 12.6. The number of amides is 2. The van der Waals surface area contributed by atoms with Gasteiger partial charge in [-0.25, -0.2) is 8.78 Å². The van der Waals surface area contributed by atoms with E-state index in [1.54, 1.807) is 30.3 Å². The summed E-state index contributed by atoms with van der Waals surface area (Å²) >= 11 is 0. The molecule has 44 heavy (non-hydrogen) atoms. The van der Waals surface area contributed by atoms with Gasteiger partial charge in [-0.3, -0.25) is 24.8 Å². The van der Waals surface area contributed by atoms with Crippen molar-refractivity contribution in [2.45, 2.75) is 44.1 Å². The number of benzene rings is 2. The van der Waals surface area contributed by atoms with E-state index >= 15 is 8.78 Å². The van der Waals surface area contributed by atoms with Crippen molar-refractivity contribution in [1.82, 2.24) is 25.2 Å². The van der Waals surface area contributed by atoms with E-state index in [9.17, 15) is 9.59 Å². The first-order chi connectivity index (χ1) is 21.4. The zero-order valence-electron chi connectivity index (χ0n) is 24.2. The first kappa shape index (κ1) is 27.3. The maximum absolute atomic E-state index is 16.6. The highest BCUT2D eigenvalue weighted by atomic mass is 19.1. The highest BCUT2D eigenvalue weighted by molar-refractivity contribution is 6.00. The third kappa shape index (κ3) is 4.39. The van der Waals surface area contributed by atoms with Crippen LogP contribution in [-0.4, -0.2) is 70.0 Å². The van der Waals surface area contributed by atoms with Crippen molar-refractivity contribution in [3.05, 3.63) is 54.2 Å². The maximum atomic E-state index is 16.6. The number of fused-ring (bicyclic) bond motifs is 4. The lowest BCUT2D eigenvalue weighted by atomic mass is 9.80. The molecule has 0 radical (unpaired) electrons. The summed E-state index contributed by atoms with van der Waals surface area (Å²) in [4.78, 5) is 43.0. The number of ether oxygens (including phenoxy) is 1. The van der Waals surface area contributed by atoms with Gasteiger partial charge in [0.15, 0.2) is 5.82 Å². The molecule has 0 bridgehead atoms. The van der Waals surface area contributed by atoms with Gasteiger partial charge in [0.05, 0.1) is 10.9 Å². The van der Waals surface area contributed by atoms with E-state index in [1.165, 1.54) is 12.3 Å². The lowest BCUT2D eigenvalue weighted by Gasteiger charge is -2.40. The van der Waals surface area contributed by atoms with E-state index < -0.39 is 11.6 Å². The number of hydrogen-bond acceptors (Lipinski definition) is 8. The Morgan fingerprint density at radius 2 is 1.82 bits per heavy atom. The largest absolute Gasteiger partial charge is 0.461 e. The number of rotatable bonds is 5. The van der Waals surface area contributed by atoms with Crippen molar-refractivity contribution in [3.8, 4) is 17.3 Å². The molecule has 6 heterocycles. The summed E-state index contributed by atoms with van der Waals surface area (Å²) in [6, 6.07) is 10.0. The van der Waals surface area contributed by atoms with Gasteiger partial charge in [-0.15, -0.1) is 0 Å². The summed E-state index contributed by atoms with van der Waals surface area (Å²) in [5, 5.41) is 3.77. The summed E-state index contributed by atoms with van der Waals surface area (Å²) in [6.45, 7) is 3.39. The van der Waals surface area contributed by atoms with Gasteiger partial charge in [0.1, 0.15) is 29.5 Å². The Morgan fingerprint density at radius 1 is 1.02 bits per heavy atom. The minimum atomic E-state index is -0.685. The molecule has 0 spiro atoms. The molecule has 4 fully saturated rings. The highest BCUT2D eigenvalue weighted by Crippen LogP contribution is 2.41. The average Bonchev–Trinajstić information content (AvgIpc) is 3.60. The van der Waals surface area contributed by atoms with E-state index in [4.69, 9.17) is 9.72 Å². The van der Waals surface area contributed by atoms with E-state index in [1.807, 2.05) is 4.90 Å². The highest BCUT2D eigenvalue weighted by Gasteiger charge is 2.45. The second kappa shape index (κ2) is 10.4. The number of nitrogens with one attached hydrogen (secondary N) is 1. The fourth-order valence-corrected chi connectivity index (χ4v) is 7.96. The van der Waals surface area contributed by atoms with Crippen LogP contribution < -0.4 is 15.0 Å². The first-order valence-electron chi connectivity index (χ1n) is 15.4. The molecule has 4 saturated heterocycles. The molecule has 226 valence electrons. The molecular weight excluding hydrogens is 566 g/mol. The Labute approximate surface area is 252 Å². The minimum absolute atomic E-state index is 0.00610. The van der Waals surface area contributed by atoms with Crippen molar-refractivity contribution in [2.75, 3.05) is 37.7 Å². The molecule has 2 aromatic carbocycles. The standard InChI is InChI=1S/C33H32F2N6O3/c34-24-8-2-6-19-5-1-7-22(26(19)24)28-27(35)29-23(16-36-28)30(40-14-9-21-20(17-40)15-25(42)37-31(21)43)39-32(38-29)44-18-33-10-3-12-41(33)13-4-11-33/h1-2,5-8,16,20-21H,3-4,9-15,17-18H2,(H,37,42,43). The number of pyridine rings is 1. The zero-order valence-corrected chi connectivity index (χ0v) is 24.2.